The Morgan fingerprint density at radius 2 is 2.67 bits per heavy atom. The Kier molecular flexibility index (Phi) is 1.89. The third kappa shape index (κ3) is 1.57. The van der Waals surface area contributed by atoms with Crippen molar-refractivity contribution in [2.45, 2.75) is 0 Å². The van der Waals surface area contributed by atoms with E-state index in [0.717, 1.165) is 0 Å². The Labute approximate surface area is 56.5 Å². The molecule has 0 bridgehead atoms. The molecule has 9 heavy (non-hydrogen) atoms. The van der Waals surface area contributed by atoms with Crippen LogP contribution < -0.4 is 0 Å². The molecule has 4 heteroatoms. The van der Waals surface area contributed by atoms with Crippen molar-refractivity contribution in [3.8, 4) is 0 Å². The topological polar surface area (TPSA) is 49.7 Å². The van der Waals surface area contributed by atoms with Gasteiger partial charge in [0.15, 0.2) is 0 Å². The fourth-order valence-electron chi connectivity index (χ4n) is 0.445. The molecular formula is C5H5NO2S. The molecule has 0 amide bonds. The van der Waals surface area contributed by atoms with Crippen LogP contribution in [0.25, 0.3) is 0 Å². The van der Waals surface area contributed by atoms with Gasteiger partial charge in [-0.3, -0.25) is 4.99 Å². The van der Waals surface area contributed by atoms with Gasteiger partial charge in [-0.1, -0.05) is 0 Å². The van der Waals surface area contributed by atoms with Gasteiger partial charge in [-0.05, 0) is 0 Å². The predicted molar refractivity (Wildman–Crippen MR) is 36.7 cm³/mol. The molecule has 0 atom stereocenters. The molecule has 0 aromatic heterocycles. The van der Waals surface area contributed by atoms with Crippen LogP contribution >= 0.6 is 11.8 Å². The number of carbonyl (C=O) groups is 1. The number of hydrogen-bond donors (Lipinski definition) is 1. The van der Waals surface area contributed by atoms with E-state index in [1.165, 1.54) is 18.0 Å². The van der Waals surface area contributed by atoms with E-state index in [-0.39, 0.29) is 0 Å². The molecule has 0 aliphatic carbocycles. The fraction of sp³-hybridized carbons (Fsp3) is 0.200. The van der Waals surface area contributed by atoms with Gasteiger partial charge < -0.3 is 5.11 Å². The smallest absolute Gasteiger partial charge is 0.343 e. The van der Waals surface area contributed by atoms with Crippen molar-refractivity contribution in [1.29, 1.82) is 0 Å². The van der Waals surface area contributed by atoms with Gasteiger partial charge >= 0.3 is 5.97 Å². The summed E-state index contributed by atoms with van der Waals surface area (Å²) in [6.45, 7) is 0. The first-order chi connectivity index (χ1) is 4.30. The Bertz CT molecular complexity index is 185. The molecule has 0 saturated carbocycles. The van der Waals surface area contributed by atoms with E-state index >= 15 is 0 Å². The van der Waals surface area contributed by atoms with Crippen LogP contribution in [0.5, 0.6) is 0 Å². The van der Waals surface area contributed by atoms with E-state index in [9.17, 15) is 4.79 Å². The summed E-state index contributed by atoms with van der Waals surface area (Å²) in [7, 11) is 0. The maximum atomic E-state index is 10.2. The minimum atomic E-state index is -0.892. The van der Waals surface area contributed by atoms with Crippen LogP contribution in [0.1, 0.15) is 0 Å². The lowest BCUT2D eigenvalue weighted by Gasteiger charge is -1.99. The third-order valence-corrected chi connectivity index (χ3v) is 1.73. The minimum Gasteiger partial charge on any atom is -0.477 e. The quantitative estimate of drug-likeness (QED) is 0.588. The summed E-state index contributed by atoms with van der Waals surface area (Å²) < 4.78 is 0. The largest absolute Gasteiger partial charge is 0.477 e. The number of nitrogens with zero attached hydrogens (tertiary/aromatic N) is 1. The van der Waals surface area contributed by atoms with E-state index in [1.54, 1.807) is 6.21 Å². The van der Waals surface area contributed by atoms with E-state index < -0.39 is 5.97 Å². The van der Waals surface area contributed by atoms with E-state index in [4.69, 9.17) is 5.11 Å². The molecular weight excluding hydrogens is 138 g/mol. The second kappa shape index (κ2) is 2.68. The summed E-state index contributed by atoms with van der Waals surface area (Å²) in [5.74, 6) is -0.227. The Balaban J connectivity index is 2.68. The van der Waals surface area contributed by atoms with Gasteiger partial charge in [0.05, 0.1) is 0 Å². The fourth-order valence-corrected chi connectivity index (χ4v) is 1.04. The van der Waals surface area contributed by atoms with Crippen LogP contribution in [0.4, 0.5) is 0 Å². The lowest BCUT2D eigenvalue weighted by Crippen LogP contribution is -2.00. The standard InChI is InChI=1S/C5H5NO2S/c7-5(8)4-3-6-1-2-9-4/h1,3H,2H2,(H,7,8). The summed E-state index contributed by atoms with van der Waals surface area (Å²) in [5, 5.41) is 8.38. The number of rotatable bonds is 1. The maximum Gasteiger partial charge on any atom is 0.343 e. The Morgan fingerprint density at radius 3 is 3.00 bits per heavy atom. The number of thioether (sulfide) groups is 1. The molecule has 1 rings (SSSR count). The number of hydrogen-bond acceptors (Lipinski definition) is 3. The normalized spacial score (nSPS) is 17.1. The lowest BCUT2D eigenvalue weighted by molar-refractivity contribution is -0.131. The molecule has 1 aliphatic rings. The zero-order valence-corrected chi connectivity index (χ0v) is 5.39. The average Bonchev–Trinajstić information content (AvgIpc) is 1.90. The van der Waals surface area contributed by atoms with Gasteiger partial charge in [0.1, 0.15) is 4.91 Å². The molecule has 0 fully saturated rings. The molecule has 1 aliphatic heterocycles. The van der Waals surface area contributed by atoms with Crippen molar-refractivity contribution < 1.29 is 9.90 Å². The first-order valence-corrected chi connectivity index (χ1v) is 3.37. The summed E-state index contributed by atoms with van der Waals surface area (Å²) in [6.07, 6.45) is 3.04. The van der Waals surface area contributed by atoms with Crippen LogP contribution in [0, 0.1) is 0 Å². The van der Waals surface area contributed by atoms with Crippen molar-refractivity contribution in [2.24, 2.45) is 4.99 Å². The molecule has 0 aromatic rings. The van der Waals surface area contributed by atoms with E-state index in [0.29, 0.717) is 10.7 Å². The van der Waals surface area contributed by atoms with Crippen molar-refractivity contribution in [1.82, 2.24) is 0 Å². The van der Waals surface area contributed by atoms with Gasteiger partial charge in [0.2, 0.25) is 0 Å². The predicted octanol–water partition coefficient (Wildman–Crippen LogP) is 0.730. The van der Waals surface area contributed by atoms with E-state index in [2.05, 4.69) is 4.99 Å². The number of carboxylic acid groups (broad SMARTS) is 1. The van der Waals surface area contributed by atoms with Crippen molar-refractivity contribution >= 4 is 23.9 Å². The summed E-state index contributed by atoms with van der Waals surface area (Å²) in [5.41, 5.74) is 0. The minimum absolute atomic E-state index is 0.317. The van der Waals surface area contributed by atoms with Crippen molar-refractivity contribution in [2.75, 3.05) is 5.75 Å². The van der Waals surface area contributed by atoms with Gasteiger partial charge in [-0.25, -0.2) is 4.79 Å². The van der Waals surface area contributed by atoms with E-state index in [1.807, 2.05) is 0 Å². The van der Waals surface area contributed by atoms with Crippen LogP contribution in [0.15, 0.2) is 16.1 Å². The highest BCUT2D eigenvalue weighted by molar-refractivity contribution is 8.04. The number of carboxylic acids is 1. The van der Waals surface area contributed by atoms with Crippen LogP contribution in [0.3, 0.4) is 0 Å². The SMILES string of the molecule is O=C(O)C1=CN=CCS1. The Morgan fingerprint density at radius 1 is 1.89 bits per heavy atom. The highest BCUT2D eigenvalue weighted by atomic mass is 32.2. The summed E-state index contributed by atoms with van der Waals surface area (Å²) in [6, 6.07) is 0. The molecule has 0 unspecified atom stereocenters. The first kappa shape index (κ1) is 6.35. The summed E-state index contributed by atoms with van der Waals surface area (Å²) >= 11 is 1.28. The molecule has 0 saturated heterocycles. The maximum absolute atomic E-state index is 10.2. The summed E-state index contributed by atoms with van der Waals surface area (Å²) in [4.78, 5) is 14.2. The second-order valence-electron chi connectivity index (χ2n) is 1.44. The Hall–Kier alpha value is -0.770. The monoisotopic (exact) mass is 143 g/mol. The van der Waals surface area contributed by atoms with Crippen LogP contribution in [0.2, 0.25) is 0 Å². The molecule has 1 N–H and O–H groups in total. The van der Waals surface area contributed by atoms with Crippen LogP contribution in [-0.4, -0.2) is 23.0 Å². The van der Waals surface area contributed by atoms with Gasteiger partial charge in [-0.2, -0.15) is 0 Å². The highest BCUT2D eigenvalue weighted by Gasteiger charge is 2.07. The highest BCUT2D eigenvalue weighted by Crippen LogP contribution is 2.17. The van der Waals surface area contributed by atoms with Crippen LogP contribution in [-0.2, 0) is 4.79 Å². The van der Waals surface area contributed by atoms with Gasteiger partial charge in [-0.15, -0.1) is 11.8 Å². The molecule has 3 nitrogen and oxygen atoms in total. The van der Waals surface area contributed by atoms with Crippen molar-refractivity contribution in [3.63, 3.8) is 0 Å². The van der Waals surface area contributed by atoms with Gasteiger partial charge in [0, 0.05) is 18.2 Å². The molecule has 0 spiro atoms. The molecule has 0 radical (unpaired) electrons. The first-order valence-electron chi connectivity index (χ1n) is 2.38. The molecule has 1 heterocycles. The zero-order valence-electron chi connectivity index (χ0n) is 4.57. The van der Waals surface area contributed by atoms with Crippen molar-refractivity contribution in [3.05, 3.63) is 11.1 Å². The molecule has 0 aromatic carbocycles. The van der Waals surface area contributed by atoms with Gasteiger partial charge in [0.25, 0.3) is 0 Å². The zero-order chi connectivity index (χ0) is 6.69. The lowest BCUT2D eigenvalue weighted by atomic mass is 10.6. The second-order valence-corrected chi connectivity index (χ2v) is 2.50. The number of aliphatic carboxylic acids is 1. The number of aliphatic imine (C=N–C) groups is 1. The third-order valence-electron chi connectivity index (χ3n) is 0.821. The average molecular weight is 143 g/mol. The molecule has 48 valence electrons.